The van der Waals surface area contributed by atoms with Crippen molar-refractivity contribution in [2.24, 2.45) is 5.73 Å². The molecule has 1 atom stereocenters. The Labute approximate surface area is 122 Å². The van der Waals surface area contributed by atoms with E-state index in [1.807, 2.05) is 6.92 Å². The van der Waals surface area contributed by atoms with Crippen LogP contribution in [0, 0.1) is 0 Å². The van der Waals surface area contributed by atoms with Crippen molar-refractivity contribution in [1.82, 2.24) is 9.62 Å². The fourth-order valence-electron chi connectivity index (χ4n) is 1.60. The standard InChI is InChI=1S/C11H25N3O3S.ClH/c1-4-7-10(12)11(15)13-8-6-9-14(5-2)18(3,16)17;/h10H,4-9,12H2,1-3H3,(H,13,15);1H. The van der Waals surface area contributed by atoms with Gasteiger partial charge in [-0.15, -0.1) is 12.4 Å². The van der Waals surface area contributed by atoms with Gasteiger partial charge in [0.1, 0.15) is 0 Å². The van der Waals surface area contributed by atoms with Crippen LogP contribution in [0.4, 0.5) is 0 Å². The molecule has 0 rings (SSSR count). The van der Waals surface area contributed by atoms with Gasteiger partial charge in [-0.1, -0.05) is 20.3 Å². The zero-order valence-corrected chi connectivity index (χ0v) is 13.5. The molecule has 1 unspecified atom stereocenters. The number of sulfonamides is 1. The van der Waals surface area contributed by atoms with Crippen LogP contribution in [0.2, 0.25) is 0 Å². The number of hydrogen-bond donors (Lipinski definition) is 2. The molecule has 0 radical (unpaired) electrons. The molecule has 8 heteroatoms. The van der Waals surface area contributed by atoms with Crippen molar-refractivity contribution >= 4 is 28.3 Å². The molecule has 0 saturated heterocycles. The van der Waals surface area contributed by atoms with Gasteiger partial charge in [0, 0.05) is 19.6 Å². The van der Waals surface area contributed by atoms with E-state index in [2.05, 4.69) is 5.32 Å². The van der Waals surface area contributed by atoms with Crippen LogP contribution in [0.5, 0.6) is 0 Å². The van der Waals surface area contributed by atoms with Crippen molar-refractivity contribution in [2.45, 2.75) is 39.2 Å². The van der Waals surface area contributed by atoms with Crippen LogP contribution in [-0.4, -0.2) is 50.6 Å². The summed E-state index contributed by atoms with van der Waals surface area (Å²) in [5.74, 6) is -0.167. The molecule has 0 aromatic carbocycles. The van der Waals surface area contributed by atoms with Gasteiger partial charge in [0.15, 0.2) is 0 Å². The van der Waals surface area contributed by atoms with Crippen molar-refractivity contribution in [2.75, 3.05) is 25.9 Å². The molecule has 0 spiro atoms. The van der Waals surface area contributed by atoms with Crippen LogP contribution in [0.3, 0.4) is 0 Å². The Morgan fingerprint density at radius 3 is 2.37 bits per heavy atom. The van der Waals surface area contributed by atoms with Crippen LogP contribution in [0.25, 0.3) is 0 Å². The van der Waals surface area contributed by atoms with E-state index in [0.29, 0.717) is 32.5 Å². The van der Waals surface area contributed by atoms with E-state index in [1.54, 1.807) is 6.92 Å². The Morgan fingerprint density at radius 2 is 1.95 bits per heavy atom. The summed E-state index contributed by atoms with van der Waals surface area (Å²) >= 11 is 0. The molecule has 116 valence electrons. The average Bonchev–Trinajstić information content (AvgIpc) is 2.27. The number of carbonyl (C=O) groups is 1. The summed E-state index contributed by atoms with van der Waals surface area (Å²) in [7, 11) is -3.14. The highest BCUT2D eigenvalue weighted by Crippen LogP contribution is 1.98. The van der Waals surface area contributed by atoms with E-state index in [1.165, 1.54) is 10.6 Å². The van der Waals surface area contributed by atoms with E-state index in [4.69, 9.17) is 5.73 Å². The summed E-state index contributed by atoms with van der Waals surface area (Å²) in [6, 6.07) is -0.466. The largest absolute Gasteiger partial charge is 0.355 e. The number of amides is 1. The highest BCUT2D eigenvalue weighted by atomic mass is 35.5. The molecular formula is C11H26ClN3O3S. The first kappa shape index (κ1) is 20.9. The van der Waals surface area contributed by atoms with Crippen molar-refractivity contribution in [1.29, 1.82) is 0 Å². The Kier molecular flexibility index (Phi) is 11.5. The van der Waals surface area contributed by atoms with Gasteiger partial charge < -0.3 is 11.1 Å². The van der Waals surface area contributed by atoms with Crippen molar-refractivity contribution in [3.63, 3.8) is 0 Å². The van der Waals surface area contributed by atoms with Gasteiger partial charge in [0.2, 0.25) is 15.9 Å². The second-order valence-corrected chi connectivity index (χ2v) is 6.28. The number of nitrogens with one attached hydrogen (secondary N) is 1. The van der Waals surface area contributed by atoms with E-state index in [0.717, 1.165) is 6.42 Å². The zero-order chi connectivity index (χ0) is 14.2. The summed E-state index contributed by atoms with van der Waals surface area (Å²) < 4.78 is 24.0. The summed E-state index contributed by atoms with van der Waals surface area (Å²) in [6.45, 7) is 5.07. The van der Waals surface area contributed by atoms with E-state index in [-0.39, 0.29) is 18.3 Å². The first-order chi connectivity index (χ1) is 8.32. The third kappa shape index (κ3) is 9.21. The first-order valence-electron chi connectivity index (χ1n) is 6.31. The fraction of sp³-hybridized carbons (Fsp3) is 0.909. The molecule has 3 N–H and O–H groups in total. The maximum atomic E-state index is 11.5. The predicted octanol–water partition coefficient (Wildman–Crippen LogP) is 0.323. The Hall–Kier alpha value is -0.370. The third-order valence-corrected chi connectivity index (χ3v) is 4.02. The van der Waals surface area contributed by atoms with Crippen LogP contribution in [0.1, 0.15) is 33.1 Å². The normalized spacial score (nSPS) is 12.9. The lowest BCUT2D eigenvalue weighted by Gasteiger charge is -2.18. The van der Waals surface area contributed by atoms with Gasteiger partial charge in [-0.25, -0.2) is 12.7 Å². The third-order valence-electron chi connectivity index (χ3n) is 2.64. The molecule has 0 fully saturated rings. The van der Waals surface area contributed by atoms with Gasteiger partial charge in [-0.2, -0.15) is 0 Å². The lowest BCUT2D eigenvalue weighted by atomic mass is 10.2. The molecule has 0 aromatic rings. The minimum Gasteiger partial charge on any atom is -0.355 e. The quantitative estimate of drug-likeness (QED) is 0.599. The topological polar surface area (TPSA) is 92.5 Å². The van der Waals surface area contributed by atoms with Gasteiger partial charge in [-0.3, -0.25) is 4.79 Å². The smallest absolute Gasteiger partial charge is 0.236 e. The van der Waals surface area contributed by atoms with Crippen LogP contribution in [-0.2, 0) is 14.8 Å². The van der Waals surface area contributed by atoms with Crippen molar-refractivity contribution < 1.29 is 13.2 Å². The highest BCUT2D eigenvalue weighted by Gasteiger charge is 2.14. The molecule has 0 bridgehead atoms. The molecular weight excluding hydrogens is 290 g/mol. The molecule has 0 aromatic heterocycles. The first-order valence-corrected chi connectivity index (χ1v) is 8.16. The minimum atomic E-state index is -3.14. The fourth-order valence-corrected chi connectivity index (χ4v) is 2.53. The van der Waals surface area contributed by atoms with E-state index >= 15 is 0 Å². The van der Waals surface area contributed by atoms with Gasteiger partial charge in [0.05, 0.1) is 12.3 Å². The lowest BCUT2D eigenvalue weighted by molar-refractivity contribution is -0.122. The molecule has 0 aliphatic rings. The summed E-state index contributed by atoms with van der Waals surface area (Å²) in [5, 5.41) is 2.71. The van der Waals surface area contributed by atoms with Gasteiger partial charge in [-0.05, 0) is 12.8 Å². The van der Waals surface area contributed by atoms with E-state index in [9.17, 15) is 13.2 Å². The SMILES string of the molecule is CCCC(N)C(=O)NCCCN(CC)S(C)(=O)=O.Cl. The second kappa shape index (κ2) is 10.4. The predicted molar refractivity (Wildman–Crippen MR) is 79.8 cm³/mol. The molecule has 19 heavy (non-hydrogen) atoms. The highest BCUT2D eigenvalue weighted by molar-refractivity contribution is 7.88. The number of halogens is 1. The number of carbonyl (C=O) groups excluding carboxylic acids is 1. The Morgan fingerprint density at radius 1 is 1.37 bits per heavy atom. The number of nitrogens with two attached hydrogens (primary N) is 1. The zero-order valence-electron chi connectivity index (χ0n) is 11.9. The number of rotatable bonds is 9. The van der Waals surface area contributed by atoms with E-state index < -0.39 is 16.1 Å². The minimum absolute atomic E-state index is 0. The number of nitrogens with zero attached hydrogens (tertiary/aromatic N) is 1. The molecule has 0 aliphatic heterocycles. The molecule has 1 amide bonds. The summed E-state index contributed by atoms with van der Waals surface area (Å²) in [4.78, 5) is 11.5. The van der Waals surface area contributed by atoms with Gasteiger partial charge in [0.25, 0.3) is 0 Å². The molecule has 0 aliphatic carbocycles. The molecule has 0 heterocycles. The Balaban J connectivity index is 0. The average molecular weight is 316 g/mol. The lowest BCUT2D eigenvalue weighted by Crippen LogP contribution is -2.41. The van der Waals surface area contributed by atoms with Crippen molar-refractivity contribution in [3.8, 4) is 0 Å². The Bertz CT molecular complexity index is 349. The van der Waals surface area contributed by atoms with Crippen LogP contribution < -0.4 is 11.1 Å². The molecule has 6 nitrogen and oxygen atoms in total. The van der Waals surface area contributed by atoms with Gasteiger partial charge >= 0.3 is 0 Å². The van der Waals surface area contributed by atoms with Crippen LogP contribution in [0.15, 0.2) is 0 Å². The van der Waals surface area contributed by atoms with Crippen molar-refractivity contribution in [3.05, 3.63) is 0 Å². The monoisotopic (exact) mass is 315 g/mol. The maximum Gasteiger partial charge on any atom is 0.236 e. The number of hydrogen-bond acceptors (Lipinski definition) is 4. The molecule has 0 saturated carbocycles. The summed E-state index contributed by atoms with van der Waals surface area (Å²) in [5.41, 5.74) is 5.65. The summed E-state index contributed by atoms with van der Waals surface area (Å²) in [6.07, 6.45) is 3.31. The second-order valence-electron chi connectivity index (χ2n) is 4.29. The maximum absolute atomic E-state index is 11.5. The van der Waals surface area contributed by atoms with Crippen LogP contribution >= 0.6 is 12.4 Å².